The molecule has 1 aromatic heterocycles. The number of nitrogen functional groups attached to an aromatic ring is 1. The number of carbonyl (C=O) groups is 1. The van der Waals surface area contributed by atoms with Crippen LogP contribution in [-0.4, -0.2) is 16.2 Å². The monoisotopic (exact) mass is 408 g/mol. The van der Waals surface area contributed by atoms with Gasteiger partial charge in [-0.1, -0.05) is 12.1 Å². The van der Waals surface area contributed by atoms with Crippen molar-refractivity contribution in [3.05, 3.63) is 71.8 Å². The molecule has 0 radical (unpaired) electrons. The summed E-state index contributed by atoms with van der Waals surface area (Å²) in [6, 6.07) is 13.2. The number of hydrogen-bond donors (Lipinski definition) is 5. The van der Waals surface area contributed by atoms with Crippen LogP contribution in [0.2, 0.25) is 0 Å². The number of benzene rings is 3. The van der Waals surface area contributed by atoms with Gasteiger partial charge in [-0.15, -0.1) is 0 Å². The number of nitrogens with one attached hydrogen (secondary N) is 3. The smallest absolute Gasteiger partial charge is 0.323 e. The van der Waals surface area contributed by atoms with Crippen LogP contribution in [0.1, 0.15) is 5.56 Å². The van der Waals surface area contributed by atoms with Crippen LogP contribution in [-0.2, 0) is 6.54 Å². The van der Waals surface area contributed by atoms with Crippen LogP contribution in [0.5, 0.6) is 0 Å². The highest BCUT2D eigenvalue weighted by atomic mass is 19.1. The molecule has 0 aliphatic heterocycles. The number of H-pyrrole nitrogens is 1. The van der Waals surface area contributed by atoms with Gasteiger partial charge in [-0.2, -0.15) is 5.10 Å². The van der Waals surface area contributed by atoms with Crippen molar-refractivity contribution in [2.45, 2.75) is 6.54 Å². The van der Waals surface area contributed by atoms with E-state index in [2.05, 4.69) is 20.8 Å². The summed E-state index contributed by atoms with van der Waals surface area (Å²) in [5, 5.41) is 12.5. The van der Waals surface area contributed by atoms with Crippen molar-refractivity contribution in [2.75, 3.05) is 16.4 Å². The Morgan fingerprint density at radius 1 is 0.967 bits per heavy atom. The quantitative estimate of drug-likeness (QED) is 0.347. The lowest BCUT2D eigenvalue weighted by molar-refractivity contribution is 0.262. The number of hydrogen-bond acceptors (Lipinski definition) is 4. The lowest BCUT2D eigenvalue weighted by Crippen LogP contribution is -2.19. The van der Waals surface area contributed by atoms with Gasteiger partial charge in [0.15, 0.2) is 5.82 Å². The van der Waals surface area contributed by atoms with Gasteiger partial charge in [-0.3, -0.25) is 5.10 Å². The van der Waals surface area contributed by atoms with Gasteiger partial charge in [-0.05, 0) is 48.0 Å². The molecule has 4 aromatic rings. The molecule has 152 valence electrons. The number of amides is 2. The third-order valence-electron chi connectivity index (χ3n) is 4.66. The molecule has 0 saturated carbocycles. The second-order valence-electron chi connectivity index (χ2n) is 6.62. The Balaban J connectivity index is 1.53. The molecule has 30 heavy (non-hydrogen) atoms. The standard InChI is InChI=1S/C21H18F2N6O/c22-15-6-5-14(9-12(15)10-24)27-21(30)26-13-3-1-11(2-4-13)18-16(23)7-8-17-19(18)20(25)29-28-17/h1-9H,10,24H2,(H3,25,28,29)(H2,26,27,30). The molecule has 0 spiro atoms. The topological polar surface area (TPSA) is 122 Å². The SMILES string of the molecule is NCc1cc(NC(=O)Nc2ccc(-c3c(F)ccc4[nH]nc(N)c34)cc2)ccc1F. The Bertz CT molecular complexity index is 1240. The number of carbonyl (C=O) groups excluding carboxylic acids is 1. The maximum absolute atomic E-state index is 14.5. The van der Waals surface area contributed by atoms with Crippen molar-refractivity contribution in [3.63, 3.8) is 0 Å². The van der Waals surface area contributed by atoms with Gasteiger partial charge in [0.2, 0.25) is 0 Å². The second-order valence-corrected chi connectivity index (χ2v) is 6.62. The lowest BCUT2D eigenvalue weighted by Gasteiger charge is -2.10. The Hall–Kier alpha value is -3.98. The predicted octanol–water partition coefficient (Wildman–Crippen LogP) is 4.19. The van der Waals surface area contributed by atoms with Crippen LogP contribution in [0.3, 0.4) is 0 Å². The summed E-state index contributed by atoms with van der Waals surface area (Å²) < 4.78 is 28.0. The van der Waals surface area contributed by atoms with E-state index in [1.54, 1.807) is 30.3 Å². The van der Waals surface area contributed by atoms with Gasteiger partial charge >= 0.3 is 6.03 Å². The summed E-state index contributed by atoms with van der Waals surface area (Å²) in [6.07, 6.45) is 0. The van der Waals surface area contributed by atoms with Gasteiger partial charge in [-0.25, -0.2) is 13.6 Å². The van der Waals surface area contributed by atoms with Gasteiger partial charge in [0.25, 0.3) is 0 Å². The zero-order valence-corrected chi connectivity index (χ0v) is 15.7. The minimum absolute atomic E-state index is 0.0227. The highest BCUT2D eigenvalue weighted by Crippen LogP contribution is 2.34. The molecule has 7 nitrogen and oxygen atoms in total. The molecule has 0 unspecified atom stereocenters. The van der Waals surface area contributed by atoms with Crippen molar-refractivity contribution in [3.8, 4) is 11.1 Å². The molecule has 3 aromatic carbocycles. The van der Waals surface area contributed by atoms with Crippen LogP contribution in [0.15, 0.2) is 54.6 Å². The summed E-state index contributed by atoms with van der Waals surface area (Å²) >= 11 is 0. The van der Waals surface area contributed by atoms with Gasteiger partial charge < -0.3 is 22.1 Å². The number of rotatable bonds is 4. The first-order valence-electron chi connectivity index (χ1n) is 9.05. The summed E-state index contributed by atoms with van der Waals surface area (Å²) in [5.41, 5.74) is 14.1. The average Bonchev–Trinajstić information content (AvgIpc) is 3.11. The van der Waals surface area contributed by atoms with Crippen LogP contribution >= 0.6 is 0 Å². The second kappa shape index (κ2) is 7.80. The summed E-state index contributed by atoms with van der Waals surface area (Å²) in [5.74, 6) is -0.655. The Labute approximate surface area is 170 Å². The Morgan fingerprint density at radius 2 is 1.63 bits per heavy atom. The van der Waals surface area contributed by atoms with Gasteiger partial charge in [0, 0.05) is 29.0 Å². The number of nitrogens with two attached hydrogens (primary N) is 2. The number of urea groups is 1. The summed E-state index contributed by atoms with van der Waals surface area (Å²) in [6.45, 7) is 0.0227. The molecule has 4 rings (SSSR count). The molecule has 0 aliphatic carbocycles. The van der Waals surface area contributed by atoms with E-state index in [1.807, 2.05) is 0 Å². The average molecular weight is 408 g/mol. The van der Waals surface area contributed by atoms with Gasteiger partial charge in [0.1, 0.15) is 11.6 Å². The van der Waals surface area contributed by atoms with E-state index in [0.29, 0.717) is 39.0 Å². The highest BCUT2D eigenvalue weighted by Gasteiger charge is 2.15. The molecule has 9 heteroatoms. The molecule has 1 heterocycles. The molecular formula is C21H18F2N6O. The number of fused-ring (bicyclic) bond motifs is 1. The normalized spacial score (nSPS) is 10.9. The van der Waals surface area contributed by atoms with E-state index in [1.165, 1.54) is 24.3 Å². The van der Waals surface area contributed by atoms with Crippen LogP contribution in [0.25, 0.3) is 22.0 Å². The first-order valence-corrected chi connectivity index (χ1v) is 9.05. The molecule has 2 amide bonds. The van der Waals surface area contributed by atoms with Crippen molar-refractivity contribution < 1.29 is 13.6 Å². The van der Waals surface area contributed by atoms with E-state index < -0.39 is 17.7 Å². The van der Waals surface area contributed by atoms with E-state index in [9.17, 15) is 13.6 Å². The Kier molecular flexibility index (Phi) is 5.03. The van der Waals surface area contributed by atoms with E-state index in [-0.39, 0.29) is 12.4 Å². The van der Waals surface area contributed by atoms with Crippen LogP contribution in [0, 0.1) is 11.6 Å². The molecule has 0 bridgehead atoms. The zero-order valence-electron chi connectivity index (χ0n) is 15.7. The van der Waals surface area contributed by atoms with E-state index >= 15 is 0 Å². The van der Waals surface area contributed by atoms with Crippen LogP contribution < -0.4 is 22.1 Å². The van der Waals surface area contributed by atoms with E-state index in [0.717, 1.165) is 0 Å². The molecule has 0 aliphatic rings. The lowest BCUT2D eigenvalue weighted by atomic mass is 10.0. The minimum Gasteiger partial charge on any atom is -0.382 e. The predicted molar refractivity (Wildman–Crippen MR) is 113 cm³/mol. The third-order valence-corrected chi connectivity index (χ3v) is 4.66. The van der Waals surface area contributed by atoms with Gasteiger partial charge in [0.05, 0.1) is 10.9 Å². The number of anilines is 3. The molecular weight excluding hydrogens is 390 g/mol. The number of halogens is 2. The van der Waals surface area contributed by atoms with Crippen molar-refractivity contribution in [1.82, 2.24) is 10.2 Å². The molecule has 0 saturated heterocycles. The maximum Gasteiger partial charge on any atom is 0.323 e. The van der Waals surface area contributed by atoms with Crippen molar-refractivity contribution in [1.29, 1.82) is 0 Å². The number of aromatic nitrogens is 2. The first kappa shape index (κ1) is 19.3. The third kappa shape index (κ3) is 3.65. The fourth-order valence-corrected chi connectivity index (χ4v) is 3.22. The minimum atomic E-state index is -0.510. The van der Waals surface area contributed by atoms with Crippen LogP contribution in [0.4, 0.5) is 30.8 Å². The zero-order chi connectivity index (χ0) is 21.3. The fourth-order valence-electron chi connectivity index (χ4n) is 3.22. The molecule has 7 N–H and O–H groups in total. The molecule has 0 fully saturated rings. The fraction of sp³-hybridized carbons (Fsp3) is 0.0476. The first-order chi connectivity index (χ1) is 14.5. The number of nitrogens with zero attached hydrogens (tertiary/aromatic N) is 1. The van der Waals surface area contributed by atoms with E-state index in [4.69, 9.17) is 11.5 Å². The summed E-state index contributed by atoms with van der Waals surface area (Å²) in [7, 11) is 0. The summed E-state index contributed by atoms with van der Waals surface area (Å²) in [4.78, 5) is 12.2. The largest absolute Gasteiger partial charge is 0.382 e. The maximum atomic E-state index is 14.5. The molecule has 0 atom stereocenters. The van der Waals surface area contributed by atoms with Crippen molar-refractivity contribution >= 4 is 34.1 Å². The highest BCUT2D eigenvalue weighted by molar-refractivity contribution is 6.02. The van der Waals surface area contributed by atoms with Crippen molar-refractivity contribution in [2.24, 2.45) is 5.73 Å². The number of aromatic amines is 1. The Morgan fingerprint density at radius 3 is 2.37 bits per heavy atom.